The molecule has 2 unspecified atom stereocenters. The van der Waals surface area contributed by atoms with Crippen LogP contribution >= 0.6 is 0 Å². The molecule has 0 spiro atoms. The van der Waals surface area contributed by atoms with Crippen molar-refractivity contribution in [2.24, 2.45) is 38.6 Å². The SMILES string of the molecule is C/C=C\C=C/C1=CC(=O)NC1=O.C=CC(/C=C/C1=C(/N=C/C(/C=C\C(C)C2CC(C)(O)C2)=C/C)N(NC)/C(=C\C(C)C)N=C1)CC=NC. The summed E-state index contributed by atoms with van der Waals surface area (Å²) in [5, 5.41) is 14.1. The number of rotatable bonds is 14. The minimum absolute atomic E-state index is 0.179. The second kappa shape index (κ2) is 20.0. The molecule has 2 aliphatic heterocycles. The Morgan fingerprint density at radius 2 is 1.94 bits per heavy atom. The van der Waals surface area contributed by atoms with Gasteiger partial charge in [-0.1, -0.05) is 75.5 Å². The van der Waals surface area contributed by atoms with Crippen LogP contribution in [0.3, 0.4) is 0 Å². The van der Waals surface area contributed by atoms with E-state index in [0.717, 1.165) is 42.1 Å². The summed E-state index contributed by atoms with van der Waals surface area (Å²) in [5.74, 6) is 2.37. The van der Waals surface area contributed by atoms with Gasteiger partial charge in [-0.05, 0) is 87.6 Å². The normalized spacial score (nSPS) is 24.2. The fourth-order valence-electron chi connectivity index (χ4n) is 5.11. The first-order chi connectivity index (χ1) is 22.9. The highest BCUT2D eigenvalue weighted by molar-refractivity contribution is 6.17. The van der Waals surface area contributed by atoms with Crippen molar-refractivity contribution in [1.82, 2.24) is 15.8 Å². The second-order valence-electron chi connectivity index (χ2n) is 12.5. The number of nitrogens with one attached hydrogen (secondary N) is 2. The van der Waals surface area contributed by atoms with Crippen LogP contribution in [0.15, 0.2) is 123 Å². The fraction of sp³-hybridized carbons (Fsp3) is 0.410. The summed E-state index contributed by atoms with van der Waals surface area (Å²) in [6.07, 6.45) is 31.0. The van der Waals surface area contributed by atoms with Crippen LogP contribution in [0, 0.1) is 23.7 Å². The predicted molar refractivity (Wildman–Crippen MR) is 200 cm³/mol. The molecule has 1 aliphatic carbocycles. The number of hydrazine groups is 1. The third-order valence-electron chi connectivity index (χ3n) is 7.90. The monoisotopic (exact) mass is 654 g/mol. The summed E-state index contributed by atoms with van der Waals surface area (Å²) in [5.41, 5.74) is 5.09. The Hall–Kier alpha value is -4.47. The highest BCUT2D eigenvalue weighted by Crippen LogP contribution is 2.42. The molecule has 3 N–H and O–H groups in total. The molecule has 9 nitrogen and oxygen atoms in total. The fourth-order valence-corrected chi connectivity index (χ4v) is 5.11. The van der Waals surface area contributed by atoms with Gasteiger partial charge in [-0.15, -0.1) is 6.58 Å². The standard InChI is InChI=1S/C30H45N5O.C9H9NO2/c1-9-24(15-16-31-7)13-14-26-21-33-28(17-22(3)4)35(32-8)29(26)34-20-25(10-2)12-11-23(5)27-18-30(6,36)19-27;1-2-3-4-5-7-6-8(11)10-9(7)12/h9-14,16-17,20-24,27,32,36H,1,15,18-19H2,2-8H3;2-6H,1H3,(H,10,11,12)/b12-11-,14-13+,25-10+,28-17-,31-16?,34-20+;3-2-,5-4-. The first-order valence-corrected chi connectivity index (χ1v) is 16.5. The molecular formula is C39H54N6O3. The number of carbonyl (C=O) groups is 2. The third-order valence-corrected chi connectivity index (χ3v) is 7.90. The van der Waals surface area contributed by atoms with E-state index in [2.05, 4.69) is 84.5 Å². The molecule has 2 amide bonds. The predicted octanol–water partition coefficient (Wildman–Crippen LogP) is 6.74. The number of allylic oxidation sites excluding steroid dienone is 12. The molecule has 2 heterocycles. The van der Waals surface area contributed by atoms with Gasteiger partial charge in [0.15, 0.2) is 5.82 Å². The number of aliphatic hydroxyl groups is 1. The van der Waals surface area contributed by atoms with Crippen molar-refractivity contribution < 1.29 is 14.7 Å². The van der Waals surface area contributed by atoms with Crippen LogP contribution < -0.4 is 10.7 Å². The van der Waals surface area contributed by atoms with Gasteiger partial charge in [-0.3, -0.25) is 14.9 Å². The highest BCUT2D eigenvalue weighted by Gasteiger charge is 2.40. The molecule has 3 rings (SSSR count). The number of hydrogen-bond acceptors (Lipinski definition) is 8. The van der Waals surface area contributed by atoms with E-state index in [1.54, 1.807) is 25.3 Å². The summed E-state index contributed by atoms with van der Waals surface area (Å²) in [7, 11) is 3.66. The topological polar surface area (TPSA) is 119 Å². The Labute approximate surface area is 287 Å². The van der Waals surface area contributed by atoms with Crippen molar-refractivity contribution >= 4 is 30.5 Å². The van der Waals surface area contributed by atoms with Crippen LogP contribution in [0.1, 0.15) is 60.8 Å². The quantitative estimate of drug-likeness (QED) is 0.0830. The van der Waals surface area contributed by atoms with Gasteiger partial charge in [-0.2, -0.15) is 0 Å². The number of imide groups is 1. The molecule has 0 aromatic heterocycles. The van der Waals surface area contributed by atoms with E-state index < -0.39 is 5.60 Å². The molecule has 0 aromatic rings. The average Bonchev–Trinajstić information content (AvgIpc) is 3.36. The van der Waals surface area contributed by atoms with Gasteiger partial charge in [0.25, 0.3) is 11.8 Å². The van der Waals surface area contributed by atoms with E-state index in [-0.39, 0.29) is 17.7 Å². The molecule has 258 valence electrons. The maximum Gasteiger partial charge on any atom is 0.258 e. The van der Waals surface area contributed by atoms with Crippen molar-refractivity contribution in [1.29, 1.82) is 0 Å². The Bertz CT molecular complexity index is 1470. The number of carbonyl (C=O) groups excluding carboxylic acids is 2. The van der Waals surface area contributed by atoms with Crippen LogP contribution in [0.5, 0.6) is 0 Å². The zero-order chi connectivity index (χ0) is 35.7. The van der Waals surface area contributed by atoms with Gasteiger partial charge < -0.3 is 10.1 Å². The summed E-state index contributed by atoms with van der Waals surface area (Å²) in [6, 6.07) is 0. The van der Waals surface area contributed by atoms with Gasteiger partial charge >= 0.3 is 0 Å². The van der Waals surface area contributed by atoms with Crippen molar-refractivity contribution in [3.63, 3.8) is 0 Å². The van der Waals surface area contributed by atoms with Crippen molar-refractivity contribution in [2.75, 3.05) is 14.1 Å². The zero-order valence-corrected chi connectivity index (χ0v) is 29.9. The van der Waals surface area contributed by atoms with Crippen LogP contribution in [-0.4, -0.2) is 60.3 Å². The molecule has 0 bridgehead atoms. The second-order valence-corrected chi connectivity index (χ2v) is 12.5. The van der Waals surface area contributed by atoms with Crippen LogP contribution in [0.25, 0.3) is 0 Å². The minimum atomic E-state index is -0.498. The Morgan fingerprint density at radius 1 is 1.21 bits per heavy atom. The van der Waals surface area contributed by atoms with Gasteiger partial charge in [0, 0.05) is 43.7 Å². The average molecular weight is 655 g/mol. The maximum absolute atomic E-state index is 10.9. The van der Waals surface area contributed by atoms with Crippen LogP contribution in [0.2, 0.25) is 0 Å². The zero-order valence-electron chi connectivity index (χ0n) is 29.9. The van der Waals surface area contributed by atoms with E-state index in [4.69, 9.17) is 4.99 Å². The van der Waals surface area contributed by atoms with Crippen molar-refractivity contribution in [2.45, 2.75) is 66.4 Å². The molecule has 1 fully saturated rings. The van der Waals surface area contributed by atoms with Crippen LogP contribution in [0.4, 0.5) is 0 Å². The molecular weight excluding hydrogens is 600 g/mol. The smallest absolute Gasteiger partial charge is 0.258 e. The first-order valence-electron chi connectivity index (χ1n) is 16.5. The maximum atomic E-state index is 10.9. The lowest BCUT2D eigenvalue weighted by Crippen LogP contribution is -2.43. The third kappa shape index (κ3) is 13.0. The lowest BCUT2D eigenvalue weighted by atomic mass is 9.67. The first kappa shape index (κ1) is 39.7. The van der Waals surface area contributed by atoms with Gasteiger partial charge in [0.05, 0.1) is 5.60 Å². The summed E-state index contributed by atoms with van der Waals surface area (Å²) >= 11 is 0. The number of nitrogens with zero attached hydrogens (tertiary/aromatic N) is 4. The molecule has 2 atom stereocenters. The lowest BCUT2D eigenvalue weighted by Gasteiger charge is -2.43. The highest BCUT2D eigenvalue weighted by atomic mass is 16.3. The number of hydrogen-bond donors (Lipinski definition) is 3. The molecule has 0 aromatic carbocycles. The summed E-state index contributed by atoms with van der Waals surface area (Å²) in [4.78, 5) is 35.2. The molecule has 3 aliphatic rings. The van der Waals surface area contributed by atoms with Crippen molar-refractivity contribution in [3.8, 4) is 0 Å². The molecule has 48 heavy (non-hydrogen) atoms. The number of aliphatic imine (C=N–C) groups is 3. The van der Waals surface area contributed by atoms with E-state index in [1.807, 2.05) is 63.6 Å². The van der Waals surface area contributed by atoms with E-state index in [9.17, 15) is 14.7 Å². The Balaban J connectivity index is 0.000000558. The minimum Gasteiger partial charge on any atom is -0.390 e. The van der Waals surface area contributed by atoms with E-state index in [0.29, 0.717) is 23.3 Å². The van der Waals surface area contributed by atoms with Crippen molar-refractivity contribution in [3.05, 3.63) is 108 Å². The van der Waals surface area contributed by atoms with Crippen LogP contribution in [-0.2, 0) is 9.59 Å². The molecule has 1 saturated carbocycles. The molecule has 9 heteroatoms. The van der Waals surface area contributed by atoms with E-state index in [1.165, 1.54) is 6.08 Å². The Kier molecular flexibility index (Phi) is 16.6. The van der Waals surface area contributed by atoms with Gasteiger partial charge in [-0.25, -0.2) is 20.4 Å². The molecule has 0 radical (unpaired) electrons. The largest absolute Gasteiger partial charge is 0.390 e. The van der Waals surface area contributed by atoms with Gasteiger partial charge in [0.2, 0.25) is 0 Å². The molecule has 0 saturated heterocycles. The Morgan fingerprint density at radius 3 is 2.48 bits per heavy atom. The summed E-state index contributed by atoms with van der Waals surface area (Å²) in [6.45, 7) is 16.2. The summed E-state index contributed by atoms with van der Waals surface area (Å²) < 4.78 is 0. The van der Waals surface area contributed by atoms with Gasteiger partial charge in [0.1, 0.15) is 5.82 Å². The number of amides is 2. The lowest BCUT2D eigenvalue weighted by molar-refractivity contribution is -0.123. The van der Waals surface area contributed by atoms with E-state index >= 15 is 0 Å².